The fourth-order valence-corrected chi connectivity index (χ4v) is 2.90. The number of benzene rings is 2. The molecule has 2 nitrogen and oxygen atoms in total. The van der Waals surface area contributed by atoms with Crippen molar-refractivity contribution in [3.8, 4) is 0 Å². The van der Waals surface area contributed by atoms with Gasteiger partial charge >= 0.3 is 5.97 Å². The Morgan fingerprint density at radius 3 is 2.36 bits per heavy atom. The average Bonchev–Trinajstić information content (AvgIpc) is 2.53. The van der Waals surface area contributed by atoms with Gasteiger partial charge in [-0.25, -0.2) is 9.18 Å². The van der Waals surface area contributed by atoms with Gasteiger partial charge in [0.25, 0.3) is 0 Å². The van der Waals surface area contributed by atoms with Crippen LogP contribution in [0.4, 0.5) is 4.39 Å². The van der Waals surface area contributed by atoms with Gasteiger partial charge in [-0.2, -0.15) is 0 Å². The minimum absolute atomic E-state index is 0.236. The van der Waals surface area contributed by atoms with E-state index >= 15 is 0 Å². The molecule has 0 saturated heterocycles. The van der Waals surface area contributed by atoms with E-state index in [1.54, 1.807) is 18.2 Å². The van der Waals surface area contributed by atoms with Gasteiger partial charge in [-0.15, -0.1) is 0 Å². The molecule has 0 bridgehead atoms. The minimum atomic E-state index is -0.972. The van der Waals surface area contributed by atoms with Crippen LogP contribution in [-0.4, -0.2) is 11.1 Å². The second-order valence-corrected chi connectivity index (χ2v) is 5.61. The second-order valence-electron chi connectivity index (χ2n) is 5.61. The van der Waals surface area contributed by atoms with Crippen LogP contribution in [0, 0.1) is 5.82 Å². The van der Waals surface area contributed by atoms with Crippen molar-refractivity contribution < 1.29 is 14.3 Å². The molecule has 1 aliphatic carbocycles. The molecular weight excluding hydrogens is 279 g/mol. The lowest BCUT2D eigenvalue weighted by Crippen LogP contribution is -2.05. The van der Waals surface area contributed by atoms with E-state index in [9.17, 15) is 14.3 Å². The number of carboxylic acid groups (broad SMARTS) is 1. The van der Waals surface area contributed by atoms with Gasteiger partial charge in [0.05, 0.1) is 5.57 Å². The van der Waals surface area contributed by atoms with Gasteiger partial charge in [-0.3, -0.25) is 0 Å². The summed E-state index contributed by atoms with van der Waals surface area (Å²) in [6, 6.07) is 11.7. The summed E-state index contributed by atoms with van der Waals surface area (Å²) in [6.07, 6.45) is 6.02. The molecule has 0 heterocycles. The molecule has 112 valence electrons. The van der Waals surface area contributed by atoms with Gasteiger partial charge in [0.15, 0.2) is 0 Å². The number of aryl methyl sites for hydroxylation is 2. The van der Waals surface area contributed by atoms with Crippen molar-refractivity contribution in [2.75, 3.05) is 0 Å². The monoisotopic (exact) mass is 296 g/mol. The molecule has 0 fully saturated rings. The number of carboxylic acids is 1. The highest BCUT2D eigenvalue weighted by molar-refractivity contribution is 6.20. The van der Waals surface area contributed by atoms with Gasteiger partial charge in [0, 0.05) is 0 Å². The number of aliphatic carboxylic acids is 1. The van der Waals surface area contributed by atoms with Crippen molar-refractivity contribution in [2.24, 2.45) is 0 Å². The lowest BCUT2D eigenvalue weighted by atomic mass is 9.89. The Hall–Kier alpha value is -2.42. The van der Waals surface area contributed by atoms with E-state index in [0.29, 0.717) is 11.1 Å². The summed E-state index contributed by atoms with van der Waals surface area (Å²) in [7, 11) is 0. The fraction of sp³-hybridized carbons (Fsp3) is 0.211. The third-order valence-corrected chi connectivity index (χ3v) is 4.07. The zero-order valence-electron chi connectivity index (χ0n) is 12.2. The van der Waals surface area contributed by atoms with E-state index in [0.717, 1.165) is 19.3 Å². The summed E-state index contributed by atoms with van der Waals surface area (Å²) in [6.45, 7) is 0. The van der Waals surface area contributed by atoms with Gasteiger partial charge in [-0.1, -0.05) is 30.3 Å². The zero-order chi connectivity index (χ0) is 15.5. The summed E-state index contributed by atoms with van der Waals surface area (Å²) < 4.78 is 13.0. The Balaban J connectivity index is 2.01. The Morgan fingerprint density at radius 2 is 1.68 bits per heavy atom. The summed E-state index contributed by atoms with van der Waals surface area (Å²) in [4.78, 5) is 11.6. The zero-order valence-corrected chi connectivity index (χ0v) is 12.2. The van der Waals surface area contributed by atoms with E-state index in [1.807, 2.05) is 18.2 Å². The molecule has 3 rings (SSSR count). The highest BCUT2D eigenvalue weighted by atomic mass is 19.1. The molecule has 0 aliphatic heterocycles. The van der Waals surface area contributed by atoms with Crippen molar-refractivity contribution >= 4 is 17.6 Å². The molecule has 0 radical (unpaired) electrons. The lowest BCUT2D eigenvalue weighted by Gasteiger charge is -2.16. The predicted molar refractivity (Wildman–Crippen MR) is 85.0 cm³/mol. The standard InChI is InChI=1S/C19H17FO2/c20-17-9-5-13(6-10-17)11-18(19(21)22)16-8-7-14-3-1-2-4-15(14)12-16/h5-12H,1-4H2,(H,21,22)/b18-11-. The highest BCUT2D eigenvalue weighted by Crippen LogP contribution is 2.26. The molecule has 0 aromatic heterocycles. The van der Waals surface area contributed by atoms with E-state index in [4.69, 9.17) is 0 Å². The maximum atomic E-state index is 13.0. The van der Waals surface area contributed by atoms with Crippen LogP contribution in [0.1, 0.15) is 35.1 Å². The van der Waals surface area contributed by atoms with Crippen LogP contribution in [0.2, 0.25) is 0 Å². The number of halogens is 1. The number of hydrogen-bond acceptors (Lipinski definition) is 1. The molecule has 0 saturated carbocycles. The molecule has 3 heteroatoms. The van der Waals surface area contributed by atoms with Crippen LogP contribution in [0.3, 0.4) is 0 Å². The maximum absolute atomic E-state index is 13.0. The summed E-state index contributed by atoms with van der Waals surface area (Å²) in [5, 5.41) is 9.50. The topological polar surface area (TPSA) is 37.3 Å². The molecule has 22 heavy (non-hydrogen) atoms. The van der Waals surface area contributed by atoms with E-state index in [1.165, 1.54) is 29.7 Å². The van der Waals surface area contributed by atoms with Crippen molar-refractivity contribution in [2.45, 2.75) is 25.7 Å². The van der Waals surface area contributed by atoms with E-state index in [-0.39, 0.29) is 11.4 Å². The third-order valence-electron chi connectivity index (χ3n) is 4.07. The van der Waals surface area contributed by atoms with Crippen molar-refractivity contribution in [3.05, 3.63) is 70.5 Å². The first-order valence-corrected chi connectivity index (χ1v) is 7.46. The van der Waals surface area contributed by atoms with E-state index in [2.05, 4.69) is 0 Å². The van der Waals surface area contributed by atoms with Gasteiger partial charge < -0.3 is 5.11 Å². The number of fused-ring (bicyclic) bond motifs is 1. The van der Waals surface area contributed by atoms with Gasteiger partial charge in [0.1, 0.15) is 5.82 Å². The smallest absolute Gasteiger partial charge is 0.336 e. The molecule has 0 unspecified atom stereocenters. The quantitative estimate of drug-likeness (QED) is 0.676. The van der Waals surface area contributed by atoms with E-state index < -0.39 is 5.97 Å². The van der Waals surface area contributed by atoms with Crippen LogP contribution in [-0.2, 0) is 17.6 Å². The van der Waals surface area contributed by atoms with Crippen LogP contribution in [0.15, 0.2) is 42.5 Å². The SMILES string of the molecule is O=C(O)/C(=C\c1ccc(F)cc1)c1ccc2c(c1)CCCC2. The molecular formula is C19H17FO2. The molecule has 2 aromatic carbocycles. The summed E-state index contributed by atoms with van der Waals surface area (Å²) in [5.74, 6) is -1.30. The second kappa shape index (κ2) is 6.14. The highest BCUT2D eigenvalue weighted by Gasteiger charge is 2.15. The Kier molecular flexibility index (Phi) is 4.05. The maximum Gasteiger partial charge on any atom is 0.336 e. The third kappa shape index (κ3) is 3.08. The largest absolute Gasteiger partial charge is 0.478 e. The molecule has 0 atom stereocenters. The molecule has 1 aliphatic rings. The summed E-state index contributed by atoms with van der Waals surface area (Å²) >= 11 is 0. The van der Waals surface area contributed by atoms with Gasteiger partial charge in [0.2, 0.25) is 0 Å². The normalized spacial score (nSPS) is 14.5. The summed E-state index contributed by atoms with van der Waals surface area (Å²) in [5.41, 5.74) is 4.19. The first-order chi connectivity index (χ1) is 10.6. The predicted octanol–water partition coefficient (Wildman–Crippen LogP) is 4.33. The van der Waals surface area contributed by atoms with Crippen LogP contribution in [0.25, 0.3) is 11.6 Å². The van der Waals surface area contributed by atoms with Gasteiger partial charge in [-0.05, 0) is 66.1 Å². The fourth-order valence-electron chi connectivity index (χ4n) is 2.90. The molecule has 1 N–H and O–H groups in total. The molecule has 2 aromatic rings. The van der Waals surface area contributed by atoms with Crippen molar-refractivity contribution in [1.29, 1.82) is 0 Å². The first kappa shape index (κ1) is 14.5. The minimum Gasteiger partial charge on any atom is -0.478 e. The van der Waals surface area contributed by atoms with Crippen molar-refractivity contribution in [3.63, 3.8) is 0 Å². The van der Waals surface area contributed by atoms with Crippen LogP contribution >= 0.6 is 0 Å². The number of hydrogen-bond donors (Lipinski definition) is 1. The lowest BCUT2D eigenvalue weighted by molar-refractivity contribution is -0.130. The first-order valence-electron chi connectivity index (χ1n) is 7.46. The Labute approximate surface area is 128 Å². The van der Waals surface area contributed by atoms with Crippen LogP contribution in [0.5, 0.6) is 0 Å². The average molecular weight is 296 g/mol. The Morgan fingerprint density at radius 1 is 1.00 bits per heavy atom. The molecule has 0 amide bonds. The van der Waals surface area contributed by atoms with Crippen molar-refractivity contribution in [1.82, 2.24) is 0 Å². The number of rotatable bonds is 3. The molecule has 0 spiro atoms. The number of carbonyl (C=O) groups is 1. The van der Waals surface area contributed by atoms with Crippen LogP contribution < -0.4 is 0 Å². The Bertz CT molecular complexity index is 730.